The summed E-state index contributed by atoms with van der Waals surface area (Å²) < 4.78 is 11.9. The first-order valence-corrected chi connectivity index (χ1v) is 10.3. The van der Waals surface area contributed by atoms with E-state index in [1.807, 2.05) is 31.2 Å². The van der Waals surface area contributed by atoms with Crippen LogP contribution in [0.1, 0.15) is 43.7 Å². The van der Waals surface area contributed by atoms with Crippen LogP contribution < -0.4 is 20.1 Å². The van der Waals surface area contributed by atoms with Gasteiger partial charge in [0.2, 0.25) is 0 Å². The number of nitrogens with one attached hydrogen (secondary N) is 2. The number of methoxy groups -OCH3 is 1. The molecule has 1 aliphatic carbocycles. The highest BCUT2D eigenvalue weighted by molar-refractivity contribution is 14.0. The van der Waals surface area contributed by atoms with Crippen LogP contribution >= 0.6 is 24.0 Å². The summed E-state index contributed by atoms with van der Waals surface area (Å²) in [7, 11) is 1.68. The van der Waals surface area contributed by atoms with E-state index in [-0.39, 0.29) is 35.8 Å². The lowest BCUT2D eigenvalue weighted by atomic mass is 10.1. The lowest BCUT2D eigenvalue weighted by molar-refractivity contribution is 0.198. The Hall–Kier alpha value is -2.16. The number of guanidine groups is 1. The van der Waals surface area contributed by atoms with Crippen LogP contribution in [0.15, 0.2) is 47.5 Å². The summed E-state index contributed by atoms with van der Waals surface area (Å²) in [6.45, 7) is 3.85. The van der Waals surface area contributed by atoms with E-state index < -0.39 is 0 Å². The number of nitrogens with zero attached hydrogens (tertiary/aromatic N) is 1. The molecular weight excluding hydrogens is 493 g/mol. The van der Waals surface area contributed by atoms with Crippen LogP contribution in [0, 0.1) is 0 Å². The fourth-order valence-electron chi connectivity index (χ4n) is 3.51. The van der Waals surface area contributed by atoms with Crippen molar-refractivity contribution in [1.29, 1.82) is 0 Å². The van der Waals surface area contributed by atoms with E-state index in [0.717, 1.165) is 42.0 Å². The molecule has 7 heteroatoms. The van der Waals surface area contributed by atoms with Crippen molar-refractivity contribution in [3.05, 3.63) is 53.6 Å². The van der Waals surface area contributed by atoms with E-state index in [4.69, 9.17) is 9.47 Å². The maximum atomic E-state index is 9.63. The van der Waals surface area contributed by atoms with Gasteiger partial charge in [-0.05, 0) is 56.4 Å². The molecular formula is C23H32IN3O3. The highest BCUT2D eigenvalue weighted by Gasteiger charge is 2.20. The van der Waals surface area contributed by atoms with Gasteiger partial charge in [0.05, 0.1) is 19.8 Å². The van der Waals surface area contributed by atoms with Crippen molar-refractivity contribution in [2.75, 3.05) is 13.7 Å². The quantitative estimate of drug-likeness (QED) is 0.267. The van der Waals surface area contributed by atoms with E-state index in [1.54, 1.807) is 19.2 Å². The van der Waals surface area contributed by atoms with Crippen molar-refractivity contribution in [1.82, 2.24) is 10.6 Å². The van der Waals surface area contributed by atoms with Crippen LogP contribution in [-0.4, -0.2) is 30.8 Å². The molecule has 6 nitrogen and oxygen atoms in total. The van der Waals surface area contributed by atoms with Crippen LogP contribution in [-0.2, 0) is 13.1 Å². The SMILES string of the molecule is CCNC(=NCc1cccc(O)c1)NCc1cccc(OC)c1OC1CCCC1.I. The van der Waals surface area contributed by atoms with Gasteiger partial charge in [-0.25, -0.2) is 4.99 Å². The molecule has 0 atom stereocenters. The first kappa shape index (κ1) is 24.1. The Morgan fingerprint density at radius 3 is 2.60 bits per heavy atom. The molecule has 30 heavy (non-hydrogen) atoms. The summed E-state index contributed by atoms with van der Waals surface area (Å²) in [4.78, 5) is 4.63. The minimum absolute atomic E-state index is 0. The average Bonchev–Trinajstić information content (AvgIpc) is 3.24. The zero-order valence-corrected chi connectivity index (χ0v) is 20.0. The molecule has 0 aliphatic heterocycles. The number of phenolic OH excluding ortho intramolecular Hbond substituents is 1. The molecule has 0 aromatic heterocycles. The molecule has 3 N–H and O–H groups in total. The largest absolute Gasteiger partial charge is 0.508 e. The zero-order valence-electron chi connectivity index (χ0n) is 17.7. The van der Waals surface area contributed by atoms with Gasteiger partial charge in [-0.2, -0.15) is 0 Å². The minimum Gasteiger partial charge on any atom is -0.508 e. The van der Waals surface area contributed by atoms with Gasteiger partial charge in [0.1, 0.15) is 5.75 Å². The van der Waals surface area contributed by atoms with Gasteiger partial charge in [0, 0.05) is 18.7 Å². The molecule has 0 heterocycles. The molecule has 0 unspecified atom stereocenters. The summed E-state index contributed by atoms with van der Waals surface area (Å²) >= 11 is 0. The van der Waals surface area contributed by atoms with Gasteiger partial charge in [0.25, 0.3) is 0 Å². The maximum absolute atomic E-state index is 9.63. The van der Waals surface area contributed by atoms with Gasteiger partial charge < -0.3 is 25.2 Å². The number of hydrogen-bond acceptors (Lipinski definition) is 4. The Kier molecular flexibility index (Phi) is 10.1. The maximum Gasteiger partial charge on any atom is 0.191 e. The monoisotopic (exact) mass is 525 g/mol. The highest BCUT2D eigenvalue weighted by Crippen LogP contribution is 2.34. The molecule has 2 aromatic rings. The fraction of sp³-hybridized carbons (Fsp3) is 0.435. The van der Waals surface area contributed by atoms with E-state index in [1.165, 1.54) is 12.8 Å². The molecule has 0 amide bonds. The van der Waals surface area contributed by atoms with E-state index in [0.29, 0.717) is 19.0 Å². The summed E-state index contributed by atoms with van der Waals surface area (Å²) in [6.07, 6.45) is 4.90. The van der Waals surface area contributed by atoms with Gasteiger partial charge in [-0.1, -0.05) is 24.3 Å². The number of rotatable bonds is 8. The molecule has 164 valence electrons. The van der Waals surface area contributed by atoms with E-state index in [2.05, 4.69) is 21.7 Å². The molecule has 0 saturated heterocycles. The van der Waals surface area contributed by atoms with Crippen molar-refractivity contribution < 1.29 is 14.6 Å². The van der Waals surface area contributed by atoms with Crippen molar-refractivity contribution in [2.24, 2.45) is 4.99 Å². The second kappa shape index (κ2) is 12.5. The topological polar surface area (TPSA) is 75.1 Å². The van der Waals surface area contributed by atoms with Crippen molar-refractivity contribution in [2.45, 2.75) is 51.8 Å². The average molecular weight is 525 g/mol. The molecule has 3 rings (SSSR count). The van der Waals surface area contributed by atoms with Crippen LogP contribution in [0.25, 0.3) is 0 Å². The lowest BCUT2D eigenvalue weighted by Crippen LogP contribution is -2.37. The second-order valence-electron chi connectivity index (χ2n) is 7.19. The Balaban J connectivity index is 0.00000320. The number of aliphatic imine (C=N–C) groups is 1. The van der Waals surface area contributed by atoms with Crippen LogP contribution in [0.3, 0.4) is 0 Å². The van der Waals surface area contributed by atoms with Gasteiger partial charge in [-0.3, -0.25) is 0 Å². The summed E-state index contributed by atoms with van der Waals surface area (Å²) in [6, 6.07) is 13.1. The normalized spacial score (nSPS) is 14.1. The first-order chi connectivity index (χ1) is 14.2. The smallest absolute Gasteiger partial charge is 0.191 e. The van der Waals surface area contributed by atoms with Crippen molar-refractivity contribution in [3.8, 4) is 17.2 Å². The Morgan fingerprint density at radius 2 is 1.90 bits per heavy atom. The molecule has 0 spiro atoms. The summed E-state index contributed by atoms with van der Waals surface area (Å²) in [5, 5.41) is 16.3. The molecule has 2 aromatic carbocycles. The summed E-state index contributed by atoms with van der Waals surface area (Å²) in [5.41, 5.74) is 1.99. The number of para-hydroxylation sites is 1. The Bertz CT molecular complexity index is 823. The van der Waals surface area contributed by atoms with E-state index in [9.17, 15) is 5.11 Å². The van der Waals surface area contributed by atoms with Gasteiger partial charge in [-0.15, -0.1) is 24.0 Å². The molecule has 0 bridgehead atoms. The first-order valence-electron chi connectivity index (χ1n) is 10.3. The lowest BCUT2D eigenvalue weighted by Gasteiger charge is -2.20. The van der Waals surface area contributed by atoms with Gasteiger partial charge >= 0.3 is 0 Å². The van der Waals surface area contributed by atoms with Gasteiger partial charge in [0.15, 0.2) is 17.5 Å². The highest BCUT2D eigenvalue weighted by atomic mass is 127. The van der Waals surface area contributed by atoms with Crippen LogP contribution in [0.4, 0.5) is 0 Å². The zero-order chi connectivity index (χ0) is 20.5. The minimum atomic E-state index is 0. The predicted molar refractivity (Wildman–Crippen MR) is 131 cm³/mol. The third-order valence-corrected chi connectivity index (χ3v) is 4.99. The standard InChI is InChI=1S/C23H31N3O3.HI/c1-3-24-23(25-15-17-8-6-10-19(27)14-17)26-16-18-9-7-13-21(28-2)22(18)29-20-11-4-5-12-20;/h6-10,13-14,20,27H,3-5,11-12,15-16H2,1-2H3,(H2,24,25,26);1H. The number of benzene rings is 2. The third kappa shape index (κ3) is 6.97. The van der Waals surface area contributed by atoms with Crippen molar-refractivity contribution in [3.63, 3.8) is 0 Å². The van der Waals surface area contributed by atoms with Crippen molar-refractivity contribution >= 4 is 29.9 Å². The number of hydrogen-bond donors (Lipinski definition) is 3. The van der Waals surface area contributed by atoms with E-state index >= 15 is 0 Å². The molecule has 1 saturated carbocycles. The Morgan fingerprint density at radius 1 is 1.13 bits per heavy atom. The Labute approximate surface area is 196 Å². The number of ether oxygens (including phenoxy) is 2. The van der Waals surface area contributed by atoms with Crippen LogP contribution in [0.2, 0.25) is 0 Å². The molecule has 1 aliphatic rings. The molecule has 1 fully saturated rings. The van der Waals surface area contributed by atoms with Crippen LogP contribution in [0.5, 0.6) is 17.2 Å². The summed E-state index contributed by atoms with van der Waals surface area (Å²) in [5.74, 6) is 2.54. The molecule has 0 radical (unpaired) electrons. The predicted octanol–water partition coefficient (Wildman–Crippen LogP) is 4.60. The number of phenols is 1. The second-order valence-corrected chi connectivity index (χ2v) is 7.19. The number of aromatic hydroxyl groups is 1. The third-order valence-electron chi connectivity index (χ3n) is 4.99. The fourth-order valence-corrected chi connectivity index (χ4v) is 3.51. The number of halogens is 1.